The molecule has 0 aromatic heterocycles. The molecule has 102 valence electrons. The molecule has 0 saturated heterocycles. The number of hydrogen-bond acceptors (Lipinski definition) is 2. The molecule has 3 heteroatoms. The lowest BCUT2D eigenvalue weighted by atomic mass is 10.1. The Morgan fingerprint density at radius 2 is 1.90 bits per heavy atom. The van der Waals surface area contributed by atoms with Crippen LogP contribution in [-0.4, -0.2) is 5.91 Å². The van der Waals surface area contributed by atoms with Gasteiger partial charge < -0.3 is 10.6 Å². The number of rotatable bonds is 2. The molecular weight excluding hydrogens is 248 g/mol. The highest BCUT2D eigenvalue weighted by Crippen LogP contribution is 2.31. The van der Waals surface area contributed by atoms with E-state index in [-0.39, 0.29) is 5.91 Å². The van der Waals surface area contributed by atoms with Crippen molar-refractivity contribution < 1.29 is 4.79 Å². The Hall–Kier alpha value is -2.29. The fraction of sp³-hybridized carbons (Fsp3) is 0.235. The normalized spacial score (nSPS) is 13.7. The molecule has 1 heterocycles. The van der Waals surface area contributed by atoms with Crippen molar-refractivity contribution in [3.8, 4) is 0 Å². The first kappa shape index (κ1) is 12.7. The molecule has 0 bridgehead atoms. The zero-order valence-electron chi connectivity index (χ0n) is 11.8. The molecule has 20 heavy (non-hydrogen) atoms. The molecule has 0 aliphatic carbocycles. The predicted molar refractivity (Wildman–Crippen MR) is 81.7 cm³/mol. The number of hydrogen-bond donors (Lipinski definition) is 1. The van der Waals surface area contributed by atoms with E-state index in [2.05, 4.69) is 32.0 Å². The molecule has 0 radical (unpaired) electrons. The average Bonchev–Trinajstić information content (AvgIpc) is 2.69. The SMILES string of the molecule is Cc1ccc(CN2C(=O)Cc3cc(N)ccc32)cc1C. The Morgan fingerprint density at radius 3 is 2.65 bits per heavy atom. The lowest BCUT2D eigenvalue weighted by Crippen LogP contribution is -2.26. The van der Waals surface area contributed by atoms with Crippen molar-refractivity contribution in [3.05, 3.63) is 58.7 Å². The largest absolute Gasteiger partial charge is 0.399 e. The molecule has 1 aliphatic rings. The predicted octanol–water partition coefficient (Wildman–Crippen LogP) is 2.97. The number of anilines is 2. The summed E-state index contributed by atoms with van der Waals surface area (Å²) in [6.45, 7) is 4.81. The molecule has 0 saturated carbocycles. The monoisotopic (exact) mass is 266 g/mol. The van der Waals surface area contributed by atoms with Crippen LogP contribution in [0.15, 0.2) is 36.4 Å². The van der Waals surface area contributed by atoms with Crippen LogP contribution in [0.1, 0.15) is 22.3 Å². The number of carbonyl (C=O) groups is 1. The van der Waals surface area contributed by atoms with Crippen LogP contribution in [-0.2, 0) is 17.8 Å². The van der Waals surface area contributed by atoms with Crippen LogP contribution < -0.4 is 10.6 Å². The third kappa shape index (κ3) is 2.16. The number of nitrogen functional groups attached to an aromatic ring is 1. The van der Waals surface area contributed by atoms with E-state index in [4.69, 9.17) is 5.73 Å². The van der Waals surface area contributed by atoms with E-state index in [1.54, 1.807) is 0 Å². The van der Waals surface area contributed by atoms with Gasteiger partial charge in [-0.15, -0.1) is 0 Å². The molecular formula is C17H18N2O. The highest BCUT2D eigenvalue weighted by Gasteiger charge is 2.27. The van der Waals surface area contributed by atoms with Crippen LogP contribution in [0, 0.1) is 13.8 Å². The van der Waals surface area contributed by atoms with Gasteiger partial charge in [-0.05, 0) is 54.3 Å². The Bertz CT molecular complexity index is 691. The van der Waals surface area contributed by atoms with Crippen molar-refractivity contribution in [2.24, 2.45) is 0 Å². The molecule has 1 amide bonds. The second kappa shape index (κ2) is 4.67. The summed E-state index contributed by atoms with van der Waals surface area (Å²) < 4.78 is 0. The van der Waals surface area contributed by atoms with E-state index in [1.165, 1.54) is 11.1 Å². The molecule has 3 rings (SSSR count). The van der Waals surface area contributed by atoms with Crippen molar-refractivity contribution in [3.63, 3.8) is 0 Å². The summed E-state index contributed by atoms with van der Waals surface area (Å²) >= 11 is 0. The lowest BCUT2D eigenvalue weighted by molar-refractivity contribution is -0.117. The van der Waals surface area contributed by atoms with Gasteiger partial charge in [0.05, 0.1) is 13.0 Å². The Kier molecular flexibility index (Phi) is 2.97. The van der Waals surface area contributed by atoms with E-state index < -0.39 is 0 Å². The Labute approximate surface area is 119 Å². The summed E-state index contributed by atoms with van der Waals surface area (Å²) in [5.74, 6) is 0.142. The first-order chi connectivity index (χ1) is 9.54. The van der Waals surface area contributed by atoms with Gasteiger partial charge in [0.2, 0.25) is 5.91 Å². The van der Waals surface area contributed by atoms with Crippen LogP contribution >= 0.6 is 0 Å². The van der Waals surface area contributed by atoms with Crippen molar-refractivity contribution in [1.29, 1.82) is 0 Å². The minimum absolute atomic E-state index is 0.142. The fourth-order valence-corrected chi connectivity index (χ4v) is 2.66. The lowest BCUT2D eigenvalue weighted by Gasteiger charge is -2.18. The van der Waals surface area contributed by atoms with Crippen molar-refractivity contribution in [2.75, 3.05) is 10.6 Å². The number of benzene rings is 2. The van der Waals surface area contributed by atoms with Gasteiger partial charge in [0.25, 0.3) is 0 Å². The van der Waals surface area contributed by atoms with Gasteiger partial charge in [0.15, 0.2) is 0 Å². The van der Waals surface area contributed by atoms with Gasteiger partial charge in [-0.2, -0.15) is 0 Å². The van der Waals surface area contributed by atoms with Gasteiger partial charge in [-0.25, -0.2) is 0 Å². The maximum absolute atomic E-state index is 12.2. The van der Waals surface area contributed by atoms with Crippen molar-refractivity contribution in [1.82, 2.24) is 0 Å². The quantitative estimate of drug-likeness (QED) is 0.849. The topological polar surface area (TPSA) is 46.3 Å². The highest BCUT2D eigenvalue weighted by atomic mass is 16.2. The van der Waals surface area contributed by atoms with E-state index in [9.17, 15) is 4.79 Å². The smallest absolute Gasteiger partial charge is 0.231 e. The van der Waals surface area contributed by atoms with Gasteiger partial charge in [0, 0.05) is 11.4 Å². The minimum atomic E-state index is 0.142. The van der Waals surface area contributed by atoms with Crippen LogP contribution in [0.5, 0.6) is 0 Å². The highest BCUT2D eigenvalue weighted by molar-refractivity contribution is 6.01. The van der Waals surface area contributed by atoms with E-state index >= 15 is 0 Å². The maximum atomic E-state index is 12.2. The summed E-state index contributed by atoms with van der Waals surface area (Å²) in [6, 6.07) is 12.0. The number of amides is 1. The van der Waals surface area contributed by atoms with Crippen LogP contribution in [0.3, 0.4) is 0 Å². The van der Waals surface area contributed by atoms with E-state index in [1.807, 2.05) is 23.1 Å². The third-order valence-corrected chi connectivity index (χ3v) is 3.95. The zero-order valence-corrected chi connectivity index (χ0v) is 11.8. The first-order valence-corrected chi connectivity index (χ1v) is 6.79. The van der Waals surface area contributed by atoms with Crippen molar-refractivity contribution in [2.45, 2.75) is 26.8 Å². The summed E-state index contributed by atoms with van der Waals surface area (Å²) in [6.07, 6.45) is 0.450. The van der Waals surface area contributed by atoms with E-state index in [0.717, 1.165) is 16.8 Å². The molecule has 3 nitrogen and oxygen atoms in total. The summed E-state index contributed by atoms with van der Waals surface area (Å²) in [5.41, 5.74) is 12.2. The number of carbonyl (C=O) groups excluding carboxylic acids is 1. The maximum Gasteiger partial charge on any atom is 0.231 e. The molecule has 2 aromatic rings. The molecule has 0 spiro atoms. The average molecular weight is 266 g/mol. The van der Waals surface area contributed by atoms with Gasteiger partial charge >= 0.3 is 0 Å². The summed E-state index contributed by atoms with van der Waals surface area (Å²) in [5, 5.41) is 0. The zero-order chi connectivity index (χ0) is 14.3. The van der Waals surface area contributed by atoms with Crippen LogP contribution in [0.2, 0.25) is 0 Å². The number of aryl methyl sites for hydroxylation is 2. The minimum Gasteiger partial charge on any atom is -0.399 e. The van der Waals surface area contributed by atoms with E-state index in [0.29, 0.717) is 18.7 Å². The van der Waals surface area contributed by atoms with Gasteiger partial charge in [-0.1, -0.05) is 18.2 Å². The molecule has 1 aliphatic heterocycles. The first-order valence-electron chi connectivity index (χ1n) is 6.79. The van der Waals surface area contributed by atoms with Gasteiger partial charge in [-0.3, -0.25) is 4.79 Å². The fourth-order valence-electron chi connectivity index (χ4n) is 2.66. The number of nitrogens with zero attached hydrogens (tertiary/aromatic N) is 1. The molecule has 0 fully saturated rings. The number of nitrogens with two attached hydrogens (primary N) is 1. The van der Waals surface area contributed by atoms with Crippen LogP contribution in [0.25, 0.3) is 0 Å². The summed E-state index contributed by atoms with van der Waals surface area (Å²) in [4.78, 5) is 14.0. The molecule has 0 unspecified atom stereocenters. The molecule has 2 N–H and O–H groups in total. The number of fused-ring (bicyclic) bond motifs is 1. The van der Waals surface area contributed by atoms with Crippen molar-refractivity contribution >= 4 is 17.3 Å². The second-order valence-electron chi connectivity index (χ2n) is 5.46. The summed E-state index contributed by atoms with van der Waals surface area (Å²) in [7, 11) is 0. The second-order valence-corrected chi connectivity index (χ2v) is 5.46. The third-order valence-electron chi connectivity index (χ3n) is 3.95. The molecule has 2 aromatic carbocycles. The Morgan fingerprint density at radius 1 is 1.10 bits per heavy atom. The standard InChI is InChI=1S/C17H18N2O/c1-11-3-4-13(7-12(11)2)10-19-16-6-5-15(18)8-14(16)9-17(19)20/h3-8H,9-10,18H2,1-2H3. The van der Waals surface area contributed by atoms with Gasteiger partial charge in [0.1, 0.15) is 0 Å². The molecule has 0 atom stereocenters. The Balaban J connectivity index is 1.92. The van der Waals surface area contributed by atoms with Crippen LogP contribution in [0.4, 0.5) is 11.4 Å².